The molecule has 0 spiro atoms. The molecule has 1 amide bonds. The van der Waals surface area contributed by atoms with Crippen molar-refractivity contribution in [3.05, 3.63) is 63.7 Å². The van der Waals surface area contributed by atoms with Gasteiger partial charge in [-0.25, -0.2) is 0 Å². The Labute approximate surface area is 188 Å². The van der Waals surface area contributed by atoms with Crippen LogP contribution in [-0.2, 0) is 0 Å². The Morgan fingerprint density at radius 3 is 2.58 bits per heavy atom. The van der Waals surface area contributed by atoms with Crippen LogP contribution in [-0.4, -0.2) is 61.3 Å². The zero-order valence-electron chi connectivity index (χ0n) is 18.2. The van der Waals surface area contributed by atoms with E-state index in [-0.39, 0.29) is 17.2 Å². The number of unbranched alkanes of at least 4 members (excludes halogenated alkanes) is 1. The third kappa shape index (κ3) is 6.45. The van der Waals surface area contributed by atoms with Gasteiger partial charge in [-0.3, -0.25) is 19.8 Å². The van der Waals surface area contributed by atoms with Gasteiger partial charge >= 0.3 is 0 Å². The smallest absolute Gasteiger partial charge is 0.282 e. The number of nitrogens with zero attached hydrogens (tertiary/aromatic N) is 3. The lowest BCUT2D eigenvalue weighted by Gasteiger charge is -2.36. The van der Waals surface area contributed by atoms with Crippen molar-refractivity contribution in [1.82, 2.24) is 10.2 Å². The number of nitro benzene ring substituents is 1. The van der Waals surface area contributed by atoms with Crippen LogP contribution < -0.4 is 10.2 Å². The van der Waals surface area contributed by atoms with Gasteiger partial charge in [0.2, 0.25) is 0 Å². The molecule has 0 aliphatic carbocycles. The van der Waals surface area contributed by atoms with Gasteiger partial charge in [-0.15, -0.1) is 11.8 Å². The Balaban J connectivity index is 1.38. The Morgan fingerprint density at radius 1 is 1.13 bits per heavy atom. The lowest BCUT2D eigenvalue weighted by atomic mass is 10.1. The van der Waals surface area contributed by atoms with E-state index in [0.717, 1.165) is 50.5 Å². The van der Waals surface area contributed by atoms with Crippen LogP contribution in [0.25, 0.3) is 0 Å². The van der Waals surface area contributed by atoms with Crippen LogP contribution in [0.5, 0.6) is 0 Å². The molecule has 1 heterocycles. The zero-order chi connectivity index (χ0) is 22.2. The Bertz CT molecular complexity index is 913. The maximum Gasteiger partial charge on any atom is 0.282 e. The minimum absolute atomic E-state index is 0.129. The zero-order valence-corrected chi connectivity index (χ0v) is 19.0. The Hall–Kier alpha value is -2.58. The fourth-order valence-corrected chi connectivity index (χ4v) is 4.23. The van der Waals surface area contributed by atoms with Gasteiger partial charge in [0.15, 0.2) is 0 Å². The number of hydrogen-bond donors (Lipinski definition) is 1. The van der Waals surface area contributed by atoms with Crippen molar-refractivity contribution in [3.8, 4) is 0 Å². The second kappa shape index (κ2) is 11.2. The highest BCUT2D eigenvalue weighted by Gasteiger charge is 2.20. The average molecular weight is 443 g/mol. The predicted octanol–water partition coefficient (Wildman–Crippen LogP) is 3.96. The standard InChI is InChI=1S/C23H30N4O3S/c1-18-6-5-7-19(16-18)26-14-12-25(13-15-26)11-4-3-10-24-23(28)21-17-20(31-2)8-9-22(21)27(29)30/h5-9,16-17H,3-4,10-15H2,1-2H3,(H,24,28). The molecule has 7 nitrogen and oxygen atoms in total. The van der Waals surface area contributed by atoms with Gasteiger partial charge in [0.1, 0.15) is 5.56 Å². The number of nitro groups is 1. The number of thioether (sulfide) groups is 1. The van der Waals surface area contributed by atoms with Gasteiger partial charge < -0.3 is 10.2 Å². The molecule has 0 saturated carbocycles. The van der Waals surface area contributed by atoms with E-state index in [1.54, 1.807) is 12.1 Å². The summed E-state index contributed by atoms with van der Waals surface area (Å²) >= 11 is 1.46. The molecule has 2 aromatic rings. The number of aryl methyl sites for hydroxylation is 1. The highest BCUT2D eigenvalue weighted by atomic mass is 32.2. The first kappa shape index (κ1) is 23.1. The van der Waals surface area contributed by atoms with E-state index in [4.69, 9.17) is 0 Å². The molecule has 2 aromatic carbocycles. The van der Waals surface area contributed by atoms with E-state index < -0.39 is 4.92 Å². The van der Waals surface area contributed by atoms with Crippen LogP contribution in [0.3, 0.4) is 0 Å². The number of amides is 1. The van der Waals surface area contributed by atoms with E-state index in [9.17, 15) is 14.9 Å². The molecule has 0 atom stereocenters. The van der Waals surface area contributed by atoms with E-state index in [2.05, 4.69) is 46.3 Å². The van der Waals surface area contributed by atoms with Gasteiger partial charge in [0.25, 0.3) is 11.6 Å². The lowest BCUT2D eigenvalue weighted by molar-refractivity contribution is -0.385. The van der Waals surface area contributed by atoms with Crippen molar-refractivity contribution < 1.29 is 9.72 Å². The maximum absolute atomic E-state index is 12.5. The molecule has 1 aliphatic heterocycles. The average Bonchev–Trinajstić information content (AvgIpc) is 2.78. The summed E-state index contributed by atoms with van der Waals surface area (Å²) in [5.74, 6) is -0.380. The van der Waals surface area contributed by atoms with Crippen LogP contribution in [0.15, 0.2) is 47.4 Å². The van der Waals surface area contributed by atoms with Gasteiger partial charge in [-0.2, -0.15) is 0 Å². The molecular formula is C23H30N4O3S. The van der Waals surface area contributed by atoms with Gasteiger partial charge in [-0.05, 0) is 62.4 Å². The van der Waals surface area contributed by atoms with E-state index in [0.29, 0.717) is 6.54 Å². The molecule has 0 radical (unpaired) electrons. The van der Waals surface area contributed by atoms with Crippen molar-refractivity contribution >= 4 is 29.0 Å². The minimum Gasteiger partial charge on any atom is -0.369 e. The molecule has 31 heavy (non-hydrogen) atoms. The molecule has 166 valence electrons. The summed E-state index contributed by atoms with van der Waals surface area (Å²) in [4.78, 5) is 28.9. The minimum atomic E-state index is -0.505. The van der Waals surface area contributed by atoms with Crippen LogP contribution in [0.4, 0.5) is 11.4 Å². The van der Waals surface area contributed by atoms with Crippen molar-refractivity contribution in [1.29, 1.82) is 0 Å². The van der Waals surface area contributed by atoms with E-state index in [1.165, 1.54) is 29.1 Å². The summed E-state index contributed by atoms with van der Waals surface area (Å²) in [6.07, 6.45) is 3.71. The van der Waals surface area contributed by atoms with E-state index in [1.807, 2.05) is 6.26 Å². The predicted molar refractivity (Wildman–Crippen MR) is 126 cm³/mol. The topological polar surface area (TPSA) is 78.7 Å². The summed E-state index contributed by atoms with van der Waals surface area (Å²) in [5, 5.41) is 14.1. The van der Waals surface area contributed by atoms with Gasteiger partial charge in [-0.1, -0.05) is 12.1 Å². The number of carbonyl (C=O) groups is 1. The SMILES string of the molecule is CSc1ccc([N+](=O)[O-])c(C(=O)NCCCCN2CCN(c3cccc(C)c3)CC2)c1. The third-order valence-electron chi connectivity index (χ3n) is 5.57. The molecule has 1 saturated heterocycles. The highest BCUT2D eigenvalue weighted by molar-refractivity contribution is 7.98. The molecule has 8 heteroatoms. The first-order valence-electron chi connectivity index (χ1n) is 10.6. The number of carbonyl (C=O) groups excluding carboxylic acids is 1. The van der Waals surface area contributed by atoms with Gasteiger partial charge in [0, 0.05) is 49.4 Å². The molecule has 1 aliphatic rings. The third-order valence-corrected chi connectivity index (χ3v) is 6.30. The number of nitrogens with one attached hydrogen (secondary N) is 1. The molecular weight excluding hydrogens is 412 g/mol. The first-order chi connectivity index (χ1) is 15.0. The largest absolute Gasteiger partial charge is 0.369 e. The van der Waals surface area contributed by atoms with Crippen LogP contribution in [0.2, 0.25) is 0 Å². The summed E-state index contributed by atoms with van der Waals surface area (Å²) in [6, 6.07) is 13.3. The number of anilines is 1. The molecule has 1 N–H and O–H groups in total. The number of hydrogen-bond acceptors (Lipinski definition) is 6. The molecule has 0 bridgehead atoms. The first-order valence-corrected chi connectivity index (χ1v) is 11.8. The summed E-state index contributed by atoms with van der Waals surface area (Å²) < 4.78 is 0. The Morgan fingerprint density at radius 2 is 1.90 bits per heavy atom. The summed E-state index contributed by atoms with van der Waals surface area (Å²) in [7, 11) is 0. The second-order valence-electron chi connectivity index (χ2n) is 7.77. The quantitative estimate of drug-likeness (QED) is 0.274. The maximum atomic E-state index is 12.5. The second-order valence-corrected chi connectivity index (χ2v) is 8.65. The molecule has 0 aromatic heterocycles. The van der Waals surface area contributed by atoms with Crippen molar-refractivity contribution in [2.45, 2.75) is 24.7 Å². The molecule has 1 fully saturated rings. The Kier molecular flexibility index (Phi) is 8.31. The fraction of sp³-hybridized carbons (Fsp3) is 0.435. The van der Waals surface area contributed by atoms with Gasteiger partial charge in [0.05, 0.1) is 4.92 Å². The monoisotopic (exact) mass is 442 g/mol. The number of rotatable bonds is 9. The normalized spacial score (nSPS) is 14.5. The van der Waals surface area contributed by atoms with Crippen LogP contribution in [0, 0.1) is 17.0 Å². The summed E-state index contributed by atoms with van der Waals surface area (Å²) in [6.45, 7) is 7.76. The molecule has 3 rings (SSSR count). The van der Waals surface area contributed by atoms with Crippen molar-refractivity contribution in [3.63, 3.8) is 0 Å². The number of piperazine rings is 1. The van der Waals surface area contributed by atoms with Crippen molar-refractivity contribution in [2.75, 3.05) is 50.4 Å². The van der Waals surface area contributed by atoms with Crippen LogP contribution >= 0.6 is 11.8 Å². The fourth-order valence-electron chi connectivity index (χ4n) is 3.80. The van der Waals surface area contributed by atoms with E-state index >= 15 is 0 Å². The molecule has 0 unspecified atom stereocenters. The number of benzene rings is 2. The van der Waals surface area contributed by atoms with Crippen molar-refractivity contribution in [2.24, 2.45) is 0 Å². The highest BCUT2D eigenvalue weighted by Crippen LogP contribution is 2.24. The summed E-state index contributed by atoms with van der Waals surface area (Å²) in [5.41, 5.74) is 2.56. The lowest BCUT2D eigenvalue weighted by Crippen LogP contribution is -2.46. The van der Waals surface area contributed by atoms with Crippen LogP contribution in [0.1, 0.15) is 28.8 Å².